The first-order valence-corrected chi connectivity index (χ1v) is 4.30. The van der Waals surface area contributed by atoms with Crippen LogP contribution >= 0.6 is 0 Å². The Morgan fingerprint density at radius 2 is 0.818 bits per heavy atom. The van der Waals surface area contributed by atoms with Crippen LogP contribution in [0.5, 0.6) is 0 Å². The summed E-state index contributed by atoms with van der Waals surface area (Å²) in [6.07, 6.45) is 14.0. The van der Waals surface area contributed by atoms with Crippen molar-refractivity contribution in [2.45, 2.75) is 39.5 Å². The second-order valence-electron chi connectivity index (χ2n) is 2.10. The summed E-state index contributed by atoms with van der Waals surface area (Å²) in [5, 5.41) is 0. The van der Waals surface area contributed by atoms with Crippen molar-refractivity contribution in [3.8, 4) is 0 Å². The van der Waals surface area contributed by atoms with Crippen LogP contribution in [-0.4, -0.2) is 0 Å². The van der Waals surface area contributed by atoms with E-state index < -0.39 is 0 Å². The van der Waals surface area contributed by atoms with Crippen molar-refractivity contribution >= 4 is 0 Å². The van der Waals surface area contributed by atoms with E-state index in [9.17, 15) is 0 Å². The Balaban J connectivity index is 0. The van der Waals surface area contributed by atoms with Crippen LogP contribution < -0.4 is 0 Å². The summed E-state index contributed by atoms with van der Waals surface area (Å²) in [6.45, 7) is 4.00. The Labute approximate surface area is 83.5 Å². The van der Waals surface area contributed by atoms with E-state index in [2.05, 4.69) is 24.3 Å². The van der Waals surface area contributed by atoms with Gasteiger partial charge < -0.3 is 0 Å². The monoisotopic (exact) mass is 241 g/mol. The van der Waals surface area contributed by atoms with Gasteiger partial charge in [-0.25, -0.2) is 0 Å². The molecule has 0 saturated carbocycles. The van der Waals surface area contributed by atoms with Gasteiger partial charge in [0.15, 0.2) is 0 Å². The molecule has 0 saturated heterocycles. The number of allylic oxidation sites excluding steroid dienone is 4. The molecule has 0 N–H and O–H groups in total. The molecular formula is C10H18Rh. The zero-order valence-corrected chi connectivity index (χ0v) is 9.11. The van der Waals surface area contributed by atoms with E-state index in [4.69, 9.17) is 0 Å². The molecule has 0 unspecified atom stereocenters. The molecule has 0 bridgehead atoms. The van der Waals surface area contributed by atoms with Gasteiger partial charge in [-0.3, -0.25) is 0 Å². The minimum atomic E-state index is 0. The predicted molar refractivity (Wildman–Crippen MR) is 48.1 cm³/mol. The normalized spacial score (nSPS) is 15.1. The molecule has 0 aliphatic heterocycles. The van der Waals surface area contributed by atoms with E-state index in [-0.39, 0.29) is 19.5 Å². The Kier molecular flexibility index (Phi) is 15.9. The SMILES string of the molecule is C1=CCCC=CCC1.CC.[Rh]. The first-order chi connectivity index (χ1) is 5.00. The van der Waals surface area contributed by atoms with Crippen LogP contribution in [0.2, 0.25) is 0 Å². The van der Waals surface area contributed by atoms with E-state index in [0.717, 1.165) is 0 Å². The summed E-state index contributed by atoms with van der Waals surface area (Å²) in [4.78, 5) is 0. The van der Waals surface area contributed by atoms with Gasteiger partial charge >= 0.3 is 0 Å². The fourth-order valence-electron chi connectivity index (χ4n) is 0.856. The molecule has 1 aliphatic rings. The summed E-state index contributed by atoms with van der Waals surface area (Å²) in [5.41, 5.74) is 0. The van der Waals surface area contributed by atoms with Gasteiger partial charge in [0.25, 0.3) is 0 Å². The van der Waals surface area contributed by atoms with Crippen molar-refractivity contribution in [1.29, 1.82) is 0 Å². The summed E-state index contributed by atoms with van der Waals surface area (Å²) < 4.78 is 0. The molecule has 0 amide bonds. The van der Waals surface area contributed by atoms with Gasteiger partial charge in [-0.1, -0.05) is 38.2 Å². The Morgan fingerprint density at radius 1 is 0.636 bits per heavy atom. The molecule has 0 nitrogen and oxygen atoms in total. The molecule has 0 atom stereocenters. The molecule has 0 aromatic carbocycles. The van der Waals surface area contributed by atoms with Gasteiger partial charge in [-0.15, -0.1) is 0 Å². The van der Waals surface area contributed by atoms with Gasteiger partial charge in [0.05, 0.1) is 0 Å². The molecule has 67 valence electrons. The topological polar surface area (TPSA) is 0 Å². The van der Waals surface area contributed by atoms with Crippen molar-refractivity contribution in [1.82, 2.24) is 0 Å². The Morgan fingerprint density at radius 3 is 1.00 bits per heavy atom. The smallest absolute Gasteiger partial charge is 0 e. The molecule has 11 heavy (non-hydrogen) atoms. The molecule has 0 spiro atoms. The Hall–Kier alpha value is 0.103. The van der Waals surface area contributed by atoms with Crippen molar-refractivity contribution < 1.29 is 19.5 Å². The van der Waals surface area contributed by atoms with E-state index in [1.54, 1.807) is 0 Å². The summed E-state index contributed by atoms with van der Waals surface area (Å²) >= 11 is 0. The number of rotatable bonds is 0. The van der Waals surface area contributed by atoms with Crippen LogP contribution in [0.25, 0.3) is 0 Å². The zero-order chi connectivity index (χ0) is 7.66. The van der Waals surface area contributed by atoms with Crippen molar-refractivity contribution in [3.05, 3.63) is 24.3 Å². The third kappa shape index (κ3) is 10.1. The quantitative estimate of drug-likeness (QED) is 0.448. The zero-order valence-electron chi connectivity index (χ0n) is 7.47. The number of hydrogen-bond donors (Lipinski definition) is 0. The average Bonchev–Trinajstić information content (AvgIpc) is 1.90. The average molecular weight is 241 g/mol. The molecule has 0 heterocycles. The van der Waals surface area contributed by atoms with E-state index >= 15 is 0 Å². The van der Waals surface area contributed by atoms with Crippen LogP contribution in [0.4, 0.5) is 0 Å². The van der Waals surface area contributed by atoms with Gasteiger partial charge in [-0.2, -0.15) is 0 Å². The maximum absolute atomic E-state index is 2.27. The summed E-state index contributed by atoms with van der Waals surface area (Å²) in [7, 11) is 0. The fraction of sp³-hybridized carbons (Fsp3) is 0.600. The van der Waals surface area contributed by atoms with E-state index in [1.807, 2.05) is 13.8 Å². The number of hydrogen-bond acceptors (Lipinski definition) is 0. The van der Waals surface area contributed by atoms with Crippen molar-refractivity contribution in [2.75, 3.05) is 0 Å². The third-order valence-corrected chi connectivity index (χ3v) is 1.33. The Bertz CT molecular complexity index is 77.4. The van der Waals surface area contributed by atoms with Crippen molar-refractivity contribution in [3.63, 3.8) is 0 Å². The minimum absolute atomic E-state index is 0. The molecule has 0 fully saturated rings. The molecule has 1 heteroatoms. The molecular weight excluding hydrogens is 223 g/mol. The van der Waals surface area contributed by atoms with Crippen LogP contribution in [0.1, 0.15) is 39.5 Å². The molecule has 1 rings (SSSR count). The largest absolute Gasteiger partial charge is 0.0882 e. The standard InChI is InChI=1S/C8H12.C2H6.Rh/c1-2-4-6-8-7-5-3-1;1-2;/h1-2,7-8H,3-6H2;1-2H3;. The van der Waals surface area contributed by atoms with E-state index in [0.29, 0.717) is 0 Å². The first-order valence-electron chi connectivity index (χ1n) is 4.30. The maximum atomic E-state index is 2.27. The maximum Gasteiger partial charge on any atom is 0 e. The third-order valence-electron chi connectivity index (χ3n) is 1.33. The van der Waals surface area contributed by atoms with E-state index in [1.165, 1.54) is 25.7 Å². The van der Waals surface area contributed by atoms with Gasteiger partial charge in [0.1, 0.15) is 0 Å². The second kappa shape index (κ2) is 12.8. The van der Waals surface area contributed by atoms with Gasteiger partial charge in [0, 0.05) is 19.5 Å². The fourth-order valence-corrected chi connectivity index (χ4v) is 0.856. The van der Waals surface area contributed by atoms with Crippen LogP contribution in [0.15, 0.2) is 24.3 Å². The predicted octanol–water partition coefficient (Wildman–Crippen LogP) is 3.70. The summed E-state index contributed by atoms with van der Waals surface area (Å²) in [6, 6.07) is 0. The van der Waals surface area contributed by atoms with Crippen LogP contribution in [0, 0.1) is 0 Å². The first kappa shape index (κ1) is 13.7. The van der Waals surface area contributed by atoms with Crippen LogP contribution in [0.3, 0.4) is 0 Å². The van der Waals surface area contributed by atoms with Crippen molar-refractivity contribution in [2.24, 2.45) is 0 Å². The van der Waals surface area contributed by atoms with Crippen LogP contribution in [-0.2, 0) is 19.5 Å². The second-order valence-corrected chi connectivity index (χ2v) is 2.10. The molecule has 1 radical (unpaired) electrons. The molecule has 0 aromatic rings. The summed E-state index contributed by atoms with van der Waals surface area (Å²) in [5.74, 6) is 0. The molecule has 0 aromatic heterocycles. The molecule has 1 aliphatic carbocycles. The van der Waals surface area contributed by atoms with Gasteiger partial charge in [-0.05, 0) is 25.7 Å². The van der Waals surface area contributed by atoms with Gasteiger partial charge in [0.2, 0.25) is 0 Å². The minimum Gasteiger partial charge on any atom is -0.0882 e.